The third-order valence-electron chi connectivity index (χ3n) is 6.93. The van der Waals surface area contributed by atoms with Crippen LogP contribution in [0.4, 0.5) is 0 Å². The highest BCUT2D eigenvalue weighted by Crippen LogP contribution is 2.76. The van der Waals surface area contributed by atoms with E-state index in [0.717, 1.165) is 12.8 Å². The van der Waals surface area contributed by atoms with Gasteiger partial charge in [0, 0.05) is 18.0 Å². The van der Waals surface area contributed by atoms with Crippen LogP contribution in [0.2, 0.25) is 0 Å². The summed E-state index contributed by atoms with van der Waals surface area (Å²) in [5, 5.41) is 0. The number of esters is 1. The van der Waals surface area contributed by atoms with Crippen LogP contribution in [0.3, 0.4) is 0 Å². The van der Waals surface area contributed by atoms with E-state index >= 15 is 0 Å². The van der Waals surface area contributed by atoms with Gasteiger partial charge in [0.05, 0.1) is 13.2 Å². The molecule has 5 nitrogen and oxygen atoms in total. The first-order chi connectivity index (χ1) is 10.9. The molecule has 5 atom stereocenters. The molecule has 3 fully saturated rings. The van der Waals surface area contributed by atoms with E-state index in [0.29, 0.717) is 12.5 Å². The molecule has 0 aromatic carbocycles. The molecule has 3 aliphatic rings. The fourth-order valence-electron chi connectivity index (χ4n) is 5.30. The second-order valence-electron chi connectivity index (χ2n) is 9.83. The van der Waals surface area contributed by atoms with Crippen molar-refractivity contribution in [2.75, 3.05) is 19.8 Å². The summed E-state index contributed by atoms with van der Waals surface area (Å²) >= 11 is 0. The molecule has 1 heterocycles. The Bertz CT molecular complexity index is 596. The number of methoxy groups -OCH3 is 1. The van der Waals surface area contributed by atoms with Crippen LogP contribution in [-0.4, -0.2) is 42.6 Å². The van der Waals surface area contributed by atoms with Crippen LogP contribution in [0.15, 0.2) is 0 Å². The molecule has 2 bridgehead atoms. The minimum atomic E-state index is -3.20. The van der Waals surface area contributed by atoms with Gasteiger partial charge in [0.1, 0.15) is 6.16 Å². The van der Waals surface area contributed by atoms with Crippen LogP contribution in [0.1, 0.15) is 54.4 Å². The first kappa shape index (κ1) is 18.4. The largest absolute Gasteiger partial charge is 0.469 e. The lowest BCUT2D eigenvalue weighted by Crippen LogP contribution is -2.44. The van der Waals surface area contributed by atoms with Crippen molar-refractivity contribution in [1.82, 2.24) is 4.67 Å². The SMILES string of the molecule is COC(=O)C[P@@]1(=O)O[C@@H]2[C@@H]([C@H]3CC[C@]2(C)C3(C)C)N1CC(C)(C)C. The molecule has 0 radical (unpaired) electrons. The summed E-state index contributed by atoms with van der Waals surface area (Å²) in [4.78, 5) is 11.9. The van der Waals surface area contributed by atoms with Crippen LogP contribution in [0, 0.1) is 22.2 Å². The van der Waals surface area contributed by atoms with E-state index < -0.39 is 13.5 Å². The number of hydrogen-bond acceptors (Lipinski definition) is 4. The van der Waals surface area contributed by atoms with Crippen LogP contribution in [-0.2, 0) is 18.6 Å². The number of ether oxygens (including phenoxy) is 1. The number of rotatable bonds is 3. The van der Waals surface area contributed by atoms with Gasteiger partial charge >= 0.3 is 5.97 Å². The molecule has 1 aliphatic heterocycles. The van der Waals surface area contributed by atoms with Crippen molar-refractivity contribution < 1.29 is 18.6 Å². The molecule has 0 aromatic heterocycles. The summed E-state index contributed by atoms with van der Waals surface area (Å²) in [6.07, 6.45) is 2.06. The van der Waals surface area contributed by atoms with E-state index in [4.69, 9.17) is 9.26 Å². The average Bonchev–Trinajstić information content (AvgIpc) is 2.89. The van der Waals surface area contributed by atoms with Crippen molar-refractivity contribution in [1.29, 1.82) is 0 Å². The van der Waals surface area contributed by atoms with Gasteiger partial charge in [-0.25, -0.2) is 4.67 Å². The first-order valence-electron chi connectivity index (χ1n) is 8.97. The van der Waals surface area contributed by atoms with Crippen molar-refractivity contribution in [2.24, 2.45) is 22.2 Å². The normalized spacial score (nSPS) is 43.9. The van der Waals surface area contributed by atoms with Gasteiger partial charge in [-0.3, -0.25) is 9.36 Å². The third-order valence-corrected chi connectivity index (χ3v) is 9.34. The Morgan fingerprint density at radius 2 is 1.96 bits per heavy atom. The standard InChI is InChI=1S/C18H32NO4P/c1-16(2,3)11-19-14-12-8-9-18(6,17(12,4)5)15(14)23-24(19,21)10-13(20)22-7/h12,14-15H,8-11H2,1-7H3/t12-,14-,15-,18+,24-/m1/s1. The van der Waals surface area contributed by atoms with E-state index in [2.05, 4.69) is 46.2 Å². The van der Waals surface area contributed by atoms with Crippen molar-refractivity contribution in [2.45, 2.75) is 66.5 Å². The molecule has 0 spiro atoms. The highest BCUT2D eigenvalue weighted by Gasteiger charge is 2.73. The van der Waals surface area contributed by atoms with Crippen LogP contribution >= 0.6 is 7.52 Å². The van der Waals surface area contributed by atoms with E-state index in [1.807, 2.05) is 0 Å². The zero-order valence-corrected chi connectivity index (χ0v) is 17.0. The predicted octanol–water partition coefficient (Wildman–Crippen LogP) is 3.92. The molecule has 24 heavy (non-hydrogen) atoms. The van der Waals surface area contributed by atoms with Gasteiger partial charge in [-0.05, 0) is 29.6 Å². The maximum atomic E-state index is 13.7. The van der Waals surface area contributed by atoms with Gasteiger partial charge in [-0.15, -0.1) is 0 Å². The average molecular weight is 357 g/mol. The number of carbonyl (C=O) groups is 1. The monoisotopic (exact) mass is 357 g/mol. The van der Waals surface area contributed by atoms with Gasteiger partial charge in [0.2, 0.25) is 0 Å². The highest BCUT2D eigenvalue weighted by molar-refractivity contribution is 7.57. The summed E-state index contributed by atoms with van der Waals surface area (Å²) in [6.45, 7) is 14.0. The maximum Gasteiger partial charge on any atom is 0.316 e. The number of nitrogens with zero attached hydrogens (tertiary/aromatic N) is 1. The van der Waals surface area contributed by atoms with Crippen LogP contribution in [0.25, 0.3) is 0 Å². The van der Waals surface area contributed by atoms with Crippen molar-refractivity contribution in [3.63, 3.8) is 0 Å². The maximum absolute atomic E-state index is 13.7. The second-order valence-corrected chi connectivity index (χ2v) is 12.1. The fraction of sp³-hybridized carbons (Fsp3) is 0.944. The van der Waals surface area contributed by atoms with E-state index in [1.165, 1.54) is 7.11 Å². The molecule has 138 valence electrons. The molecule has 2 saturated carbocycles. The van der Waals surface area contributed by atoms with Crippen LogP contribution in [0.5, 0.6) is 0 Å². The molecule has 2 aliphatic carbocycles. The molecular weight excluding hydrogens is 325 g/mol. The quantitative estimate of drug-likeness (QED) is 0.566. The number of carbonyl (C=O) groups excluding carboxylic acids is 1. The Hall–Kier alpha value is -0.380. The lowest BCUT2D eigenvalue weighted by molar-refractivity contribution is -0.137. The van der Waals surface area contributed by atoms with Gasteiger partial charge in [-0.1, -0.05) is 41.5 Å². The van der Waals surface area contributed by atoms with Crippen molar-refractivity contribution >= 4 is 13.5 Å². The Morgan fingerprint density at radius 3 is 2.50 bits per heavy atom. The molecule has 0 unspecified atom stereocenters. The molecule has 0 amide bonds. The summed E-state index contributed by atoms with van der Waals surface area (Å²) in [5.74, 6) is 0.0114. The van der Waals surface area contributed by atoms with E-state index in [-0.39, 0.29) is 34.6 Å². The topological polar surface area (TPSA) is 55.8 Å². The van der Waals surface area contributed by atoms with E-state index in [9.17, 15) is 9.36 Å². The van der Waals surface area contributed by atoms with Gasteiger partial charge < -0.3 is 9.26 Å². The summed E-state index contributed by atoms with van der Waals surface area (Å²) in [5.41, 5.74) is 0.159. The number of hydrogen-bond donors (Lipinski definition) is 0. The summed E-state index contributed by atoms with van der Waals surface area (Å²) < 4.78 is 26.8. The lowest BCUT2D eigenvalue weighted by Gasteiger charge is -2.38. The Balaban J connectivity index is 2.00. The third kappa shape index (κ3) is 2.42. The van der Waals surface area contributed by atoms with Crippen molar-refractivity contribution in [3.05, 3.63) is 0 Å². The van der Waals surface area contributed by atoms with E-state index in [1.54, 1.807) is 0 Å². The zero-order valence-electron chi connectivity index (χ0n) is 16.1. The van der Waals surface area contributed by atoms with Crippen molar-refractivity contribution in [3.8, 4) is 0 Å². The first-order valence-corrected chi connectivity index (χ1v) is 10.7. The Morgan fingerprint density at radius 1 is 1.33 bits per heavy atom. The molecule has 0 N–H and O–H groups in total. The van der Waals surface area contributed by atoms with Gasteiger partial charge in [0.25, 0.3) is 7.52 Å². The summed E-state index contributed by atoms with van der Waals surface area (Å²) in [7, 11) is -1.86. The molecular formula is C18H32NO4P. The second kappa shape index (κ2) is 5.31. The predicted molar refractivity (Wildman–Crippen MR) is 93.9 cm³/mol. The van der Waals surface area contributed by atoms with Gasteiger partial charge in [-0.2, -0.15) is 0 Å². The molecule has 3 rings (SSSR count). The molecule has 1 saturated heterocycles. The molecule has 0 aromatic rings. The smallest absolute Gasteiger partial charge is 0.316 e. The fourth-order valence-corrected chi connectivity index (χ4v) is 8.17. The Labute approximate surface area is 146 Å². The van der Waals surface area contributed by atoms with Crippen LogP contribution < -0.4 is 0 Å². The highest BCUT2D eigenvalue weighted by atomic mass is 31.2. The zero-order chi connectivity index (χ0) is 18.1. The minimum Gasteiger partial charge on any atom is -0.469 e. The minimum absolute atomic E-state index is 0.0146. The Kier molecular flexibility index (Phi) is 4.07. The lowest BCUT2D eigenvalue weighted by atomic mass is 9.70. The number of fused-ring (bicyclic) bond motifs is 5. The summed E-state index contributed by atoms with van der Waals surface area (Å²) in [6, 6.07) is 0.147. The molecule has 6 heteroatoms. The van der Waals surface area contributed by atoms with Gasteiger partial charge in [0.15, 0.2) is 0 Å².